The SMILES string of the molecule is CCCCCCCCCCNC(=O)Nc1ccnn1CC. The van der Waals surface area contributed by atoms with Gasteiger partial charge in [0.25, 0.3) is 0 Å². The van der Waals surface area contributed by atoms with Crippen molar-refractivity contribution in [3.05, 3.63) is 12.3 Å². The summed E-state index contributed by atoms with van der Waals surface area (Å²) in [7, 11) is 0. The fourth-order valence-corrected chi connectivity index (χ4v) is 2.31. The van der Waals surface area contributed by atoms with E-state index in [0.717, 1.165) is 25.3 Å². The lowest BCUT2D eigenvalue weighted by atomic mass is 10.1. The number of anilines is 1. The van der Waals surface area contributed by atoms with Crippen LogP contribution in [-0.2, 0) is 6.54 Å². The second kappa shape index (κ2) is 11.2. The van der Waals surface area contributed by atoms with Crippen molar-refractivity contribution in [2.75, 3.05) is 11.9 Å². The highest BCUT2D eigenvalue weighted by atomic mass is 16.2. The highest BCUT2D eigenvalue weighted by molar-refractivity contribution is 5.88. The predicted molar refractivity (Wildman–Crippen MR) is 87.5 cm³/mol. The molecule has 0 unspecified atom stereocenters. The van der Waals surface area contributed by atoms with E-state index < -0.39 is 0 Å². The van der Waals surface area contributed by atoms with Gasteiger partial charge in [-0.1, -0.05) is 51.9 Å². The van der Waals surface area contributed by atoms with Crippen LogP contribution in [0.4, 0.5) is 10.6 Å². The van der Waals surface area contributed by atoms with Crippen LogP contribution in [0.25, 0.3) is 0 Å². The zero-order valence-electron chi connectivity index (χ0n) is 13.5. The lowest BCUT2D eigenvalue weighted by molar-refractivity contribution is 0.251. The summed E-state index contributed by atoms with van der Waals surface area (Å²) in [5, 5.41) is 9.82. The minimum absolute atomic E-state index is 0.145. The average Bonchev–Trinajstić information content (AvgIpc) is 2.92. The topological polar surface area (TPSA) is 59.0 Å². The number of nitrogens with zero attached hydrogens (tertiary/aromatic N) is 2. The number of aromatic nitrogens is 2. The molecule has 5 nitrogen and oxygen atoms in total. The van der Waals surface area contributed by atoms with Crippen molar-refractivity contribution in [2.45, 2.75) is 71.8 Å². The van der Waals surface area contributed by atoms with E-state index in [1.807, 2.05) is 6.92 Å². The molecule has 1 rings (SSSR count). The van der Waals surface area contributed by atoms with E-state index in [4.69, 9.17) is 0 Å². The number of rotatable bonds is 11. The van der Waals surface area contributed by atoms with Crippen molar-refractivity contribution < 1.29 is 4.79 Å². The lowest BCUT2D eigenvalue weighted by Crippen LogP contribution is -2.30. The second-order valence-electron chi connectivity index (χ2n) is 5.39. The zero-order chi connectivity index (χ0) is 15.3. The van der Waals surface area contributed by atoms with Gasteiger partial charge in [-0.2, -0.15) is 5.10 Å². The normalized spacial score (nSPS) is 10.6. The second-order valence-corrected chi connectivity index (χ2v) is 5.39. The Morgan fingerprint density at radius 2 is 1.76 bits per heavy atom. The number of amides is 2. The Bertz CT molecular complexity index is 389. The van der Waals surface area contributed by atoms with Gasteiger partial charge < -0.3 is 5.32 Å². The molecule has 1 heterocycles. The predicted octanol–water partition coefficient (Wildman–Crippen LogP) is 4.17. The summed E-state index contributed by atoms with van der Waals surface area (Å²) in [6.45, 7) is 5.72. The molecule has 120 valence electrons. The third-order valence-electron chi connectivity index (χ3n) is 3.57. The van der Waals surface area contributed by atoms with Gasteiger partial charge in [0.15, 0.2) is 0 Å². The molecule has 0 aliphatic carbocycles. The zero-order valence-corrected chi connectivity index (χ0v) is 13.5. The first kappa shape index (κ1) is 17.5. The molecule has 0 fully saturated rings. The maximum Gasteiger partial charge on any atom is 0.320 e. The van der Waals surface area contributed by atoms with E-state index in [2.05, 4.69) is 22.7 Å². The molecule has 0 saturated heterocycles. The van der Waals surface area contributed by atoms with E-state index >= 15 is 0 Å². The van der Waals surface area contributed by atoms with Crippen LogP contribution in [0, 0.1) is 0 Å². The molecule has 0 aromatic carbocycles. The maximum atomic E-state index is 11.7. The summed E-state index contributed by atoms with van der Waals surface area (Å²) >= 11 is 0. The van der Waals surface area contributed by atoms with E-state index in [1.165, 1.54) is 44.9 Å². The molecule has 0 bridgehead atoms. The maximum absolute atomic E-state index is 11.7. The molecule has 0 saturated carbocycles. The minimum atomic E-state index is -0.145. The summed E-state index contributed by atoms with van der Waals surface area (Å²) < 4.78 is 1.76. The van der Waals surface area contributed by atoms with Gasteiger partial charge in [-0.15, -0.1) is 0 Å². The molecule has 21 heavy (non-hydrogen) atoms. The Hall–Kier alpha value is -1.52. The molecular formula is C16H30N4O. The molecule has 5 heteroatoms. The fraction of sp³-hybridized carbons (Fsp3) is 0.750. The van der Waals surface area contributed by atoms with Crippen molar-refractivity contribution in [3.63, 3.8) is 0 Å². The third-order valence-corrected chi connectivity index (χ3v) is 3.57. The van der Waals surface area contributed by atoms with Crippen LogP contribution in [0.2, 0.25) is 0 Å². The number of hydrogen-bond donors (Lipinski definition) is 2. The third kappa shape index (κ3) is 7.73. The highest BCUT2D eigenvalue weighted by Gasteiger charge is 2.04. The van der Waals surface area contributed by atoms with Crippen LogP contribution in [0.15, 0.2) is 12.3 Å². The minimum Gasteiger partial charge on any atom is -0.338 e. The average molecular weight is 294 g/mol. The number of nitrogens with one attached hydrogen (secondary N) is 2. The molecule has 1 aromatic rings. The van der Waals surface area contributed by atoms with E-state index in [1.54, 1.807) is 16.9 Å². The highest BCUT2D eigenvalue weighted by Crippen LogP contribution is 2.08. The first-order chi connectivity index (χ1) is 10.3. The fourth-order valence-electron chi connectivity index (χ4n) is 2.31. The van der Waals surface area contributed by atoms with Gasteiger partial charge in [0.1, 0.15) is 5.82 Å². The Kier molecular flexibility index (Phi) is 9.33. The van der Waals surface area contributed by atoms with Crippen LogP contribution >= 0.6 is 0 Å². The largest absolute Gasteiger partial charge is 0.338 e. The van der Waals surface area contributed by atoms with Gasteiger partial charge in [-0.3, -0.25) is 5.32 Å². The number of carbonyl (C=O) groups is 1. The van der Waals surface area contributed by atoms with Crippen molar-refractivity contribution in [2.24, 2.45) is 0 Å². The van der Waals surface area contributed by atoms with Gasteiger partial charge >= 0.3 is 6.03 Å². The summed E-state index contributed by atoms with van der Waals surface area (Å²) in [5.41, 5.74) is 0. The van der Waals surface area contributed by atoms with E-state index in [0.29, 0.717) is 0 Å². The molecule has 2 N–H and O–H groups in total. The standard InChI is InChI=1S/C16H30N4O/c1-3-5-6-7-8-9-10-11-13-17-16(21)19-15-12-14-18-20(15)4-2/h12,14H,3-11,13H2,1-2H3,(H2,17,19,21). The summed E-state index contributed by atoms with van der Waals surface area (Å²) in [4.78, 5) is 11.7. The number of urea groups is 1. The van der Waals surface area contributed by atoms with Gasteiger partial charge in [0.2, 0.25) is 0 Å². The molecule has 0 aliphatic rings. The smallest absolute Gasteiger partial charge is 0.320 e. The first-order valence-electron chi connectivity index (χ1n) is 8.34. The van der Waals surface area contributed by atoms with Gasteiger partial charge in [0, 0.05) is 19.2 Å². The van der Waals surface area contributed by atoms with Crippen molar-refractivity contribution in [1.82, 2.24) is 15.1 Å². The number of aryl methyl sites for hydroxylation is 1. The molecular weight excluding hydrogens is 264 g/mol. The van der Waals surface area contributed by atoms with Crippen LogP contribution < -0.4 is 10.6 Å². The molecule has 0 aliphatic heterocycles. The summed E-state index contributed by atoms with van der Waals surface area (Å²) in [6, 6.07) is 1.66. The Balaban J connectivity index is 1.99. The van der Waals surface area contributed by atoms with Crippen molar-refractivity contribution >= 4 is 11.8 Å². The molecule has 0 radical (unpaired) electrons. The van der Waals surface area contributed by atoms with Crippen molar-refractivity contribution in [1.29, 1.82) is 0 Å². The Labute approximate surface area is 128 Å². The number of hydrogen-bond acceptors (Lipinski definition) is 2. The monoisotopic (exact) mass is 294 g/mol. The number of unbranched alkanes of at least 4 members (excludes halogenated alkanes) is 7. The van der Waals surface area contributed by atoms with E-state index in [-0.39, 0.29) is 6.03 Å². The lowest BCUT2D eigenvalue weighted by Gasteiger charge is -2.08. The molecule has 0 atom stereocenters. The Morgan fingerprint density at radius 3 is 2.43 bits per heavy atom. The van der Waals surface area contributed by atoms with Gasteiger partial charge in [0.05, 0.1) is 6.20 Å². The molecule has 0 spiro atoms. The molecule has 2 amide bonds. The van der Waals surface area contributed by atoms with E-state index in [9.17, 15) is 4.79 Å². The summed E-state index contributed by atoms with van der Waals surface area (Å²) in [6.07, 6.45) is 11.9. The van der Waals surface area contributed by atoms with Gasteiger partial charge in [-0.05, 0) is 13.3 Å². The van der Waals surface area contributed by atoms with Crippen LogP contribution in [0.5, 0.6) is 0 Å². The quantitative estimate of drug-likeness (QED) is 0.602. The van der Waals surface area contributed by atoms with Crippen LogP contribution in [0.1, 0.15) is 65.2 Å². The van der Waals surface area contributed by atoms with Crippen molar-refractivity contribution in [3.8, 4) is 0 Å². The first-order valence-corrected chi connectivity index (χ1v) is 8.34. The van der Waals surface area contributed by atoms with Gasteiger partial charge in [-0.25, -0.2) is 9.48 Å². The van der Waals surface area contributed by atoms with Crippen LogP contribution in [-0.4, -0.2) is 22.4 Å². The van der Waals surface area contributed by atoms with Crippen LogP contribution in [0.3, 0.4) is 0 Å². The summed E-state index contributed by atoms with van der Waals surface area (Å²) in [5.74, 6) is 0.742. The molecule has 1 aromatic heterocycles. The Morgan fingerprint density at radius 1 is 1.10 bits per heavy atom. The number of carbonyl (C=O) groups excluding carboxylic acids is 1.